The highest BCUT2D eigenvalue weighted by Gasteiger charge is 2.09. The van der Waals surface area contributed by atoms with Crippen LogP contribution in [0.25, 0.3) is 0 Å². The summed E-state index contributed by atoms with van der Waals surface area (Å²) in [6.07, 6.45) is 2.88. The van der Waals surface area contributed by atoms with Crippen molar-refractivity contribution < 1.29 is 9.90 Å². The van der Waals surface area contributed by atoms with Crippen LogP contribution in [0, 0.1) is 0 Å². The highest BCUT2D eigenvalue weighted by atomic mass is 32.1. The molecule has 0 aliphatic rings. The van der Waals surface area contributed by atoms with Gasteiger partial charge in [-0.2, -0.15) is 0 Å². The summed E-state index contributed by atoms with van der Waals surface area (Å²) in [5.74, 6) is -0.992. The minimum atomic E-state index is -0.992. The van der Waals surface area contributed by atoms with E-state index in [1.165, 1.54) is 17.5 Å². The zero-order valence-electron chi connectivity index (χ0n) is 8.25. The van der Waals surface area contributed by atoms with Gasteiger partial charge in [0, 0.05) is 17.8 Å². The van der Waals surface area contributed by atoms with E-state index in [-0.39, 0.29) is 5.56 Å². The third-order valence-corrected chi connectivity index (χ3v) is 2.63. The molecule has 0 aromatic carbocycles. The van der Waals surface area contributed by atoms with Crippen LogP contribution in [0.2, 0.25) is 0 Å². The number of nitrogens with one attached hydrogen (secondary N) is 1. The predicted molar refractivity (Wildman–Crippen MR) is 60.6 cm³/mol. The second-order valence-electron chi connectivity index (χ2n) is 3.06. The maximum Gasteiger partial charge on any atom is 0.339 e. The highest BCUT2D eigenvalue weighted by Crippen LogP contribution is 2.14. The molecule has 2 aromatic rings. The van der Waals surface area contributed by atoms with Gasteiger partial charge in [0.05, 0.1) is 23.4 Å². The molecule has 5 nitrogen and oxygen atoms in total. The number of carboxylic acid groups (broad SMARTS) is 1. The van der Waals surface area contributed by atoms with Crippen molar-refractivity contribution in [2.24, 2.45) is 0 Å². The summed E-state index contributed by atoms with van der Waals surface area (Å²) in [7, 11) is 0. The number of aromatic carboxylic acids is 1. The van der Waals surface area contributed by atoms with E-state index < -0.39 is 5.97 Å². The van der Waals surface area contributed by atoms with Gasteiger partial charge in [-0.05, 0) is 6.07 Å². The molecule has 16 heavy (non-hydrogen) atoms. The lowest BCUT2D eigenvalue weighted by Crippen LogP contribution is -2.06. The zero-order valence-corrected chi connectivity index (χ0v) is 9.07. The minimum absolute atomic E-state index is 0.165. The van der Waals surface area contributed by atoms with E-state index in [9.17, 15) is 4.79 Å². The van der Waals surface area contributed by atoms with Gasteiger partial charge in [0.25, 0.3) is 0 Å². The number of nitrogens with zero attached hydrogens (tertiary/aromatic N) is 2. The Balaban J connectivity index is 2.12. The molecule has 0 atom stereocenters. The summed E-state index contributed by atoms with van der Waals surface area (Å²) in [5, 5.41) is 13.9. The third-order valence-electron chi connectivity index (χ3n) is 1.99. The van der Waals surface area contributed by atoms with Gasteiger partial charge in [-0.1, -0.05) is 0 Å². The smallest absolute Gasteiger partial charge is 0.339 e. The zero-order chi connectivity index (χ0) is 11.4. The summed E-state index contributed by atoms with van der Waals surface area (Å²) in [6, 6.07) is 1.63. The van der Waals surface area contributed by atoms with Crippen molar-refractivity contribution >= 4 is 23.0 Å². The lowest BCUT2D eigenvalue weighted by molar-refractivity contribution is 0.0697. The molecule has 0 aliphatic heterocycles. The molecule has 0 unspecified atom stereocenters. The molecule has 0 saturated heterocycles. The quantitative estimate of drug-likeness (QED) is 0.845. The number of hydrogen-bond acceptors (Lipinski definition) is 5. The first-order chi connectivity index (χ1) is 7.77. The van der Waals surface area contributed by atoms with Crippen LogP contribution in [0.5, 0.6) is 0 Å². The molecule has 6 heteroatoms. The highest BCUT2D eigenvalue weighted by molar-refractivity contribution is 7.07. The molecule has 2 rings (SSSR count). The molecule has 0 spiro atoms. The first-order valence-electron chi connectivity index (χ1n) is 4.55. The number of thiazole rings is 1. The van der Waals surface area contributed by atoms with Crippen LogP contribution in [0.1, 0.15) is 16.1 Å². The van der Waals surface area contributed by atoms with Crippen molar-refractivity contribution in [3.05, 3.63) is 40.6 Å². The largest absolute Gasteiger partial charge is 0.478 e. The van der Waals surface area contributed by atoms with Gasteiger partial charge >= 0.3 is 5.97 Å². The van der Waals surface area contributed by atoms with Crippen molar-refractivity contribution in [1.82, 2.24) is 9.97 Å². The van der Waals surface area contributed by atoms with E-state index in [0.29, 0.717) is 12.2 Å². The van der Waals surface area contributed by atoms with E-state index in [1.807, 2.05) is 5.38 Å². The Morgan fingerprint density at radius 2 is 2.44 bits per heavy atom. The van der Waals surface area contributed by atoms with Crippen LogP contribution < -0.4 is 5.32 Å². The number of hydrogen-bond donors (Lipinski definition) is 2. The Bertz CT molecular complexity index is 485. The number of carboxylic acids is 1. The fourth-order valence-electron chi connectivity index (χ4n) is 1.23. The maximum atomic E-state index is 10.9. The molecule has 2 aromatic heterocycles. The normalized spacial score (nSPS) is 10.0. The maximum absolute atomic E-state index is 10.9. The second-order valence-corrected chi connectivity index (χ2v) is 3.78. The van der Waals surface area contributed by atoms with Gasteiger partial charge in [-0.15, -0.1) is 11.3 Å². The van der Waals surface area contributed by atoms with E-state index >= 15 is 0 Å². The number of anilines is 1. The molecular weight excluding hydrogens is 226 g/mol. The number of rotatable bonds is 4. The summed E-state index contributed by atoms with van der Waals surface area (Å²) in [4.78, 5) is 18.8. The molecular formula is C10H9N3O2S. The number of aromatic nitrogens is 2. The SMILES string of the molecule is O=C(O)c1cnccc1NCc1cscn1. The summed E-state index contributed by atoms with van der Waals surface area (Å²) < 4.78 is 0. The number of pyridine rings is 1. The Kier molecular flexibility index (Phi) is 3.11. The first kappa shape index (κ1) is 10.6. The minimum Gasteiger partial charge on any atom is -0.478 e. The van der Waals surface area contributed by atoms with Crippen LogP contribution in [-0.4, -0.2) is 21.0 Å². The third kappa shape index (κ3) is 2.34. The standard InChI is InChI=1S/C10H9N3O2S/c14-10(15)8-4-11-2-1-9(8)12-3-7-5-16-6-13-7/h1-2,4-6H,3H2,(H,11,12)(H,14,15). The predicted octanol–water partition coefficient (Wildman–Crippen LogP) is 1.85. The molecule has 0 radical (unpaired) electrons. The Morgan fingerprint density at radius 1 is 1.56 bits per heavy atom. The Morgan fingerprint density at radius 3 is 3.12 bits per heavy atom. The Labute approximate surface area is 95.8 Å². The molecule has 0 amide bonds. The van der Waals surface area contributed by atoms with Gasteiger partial charge in [-0.25, -0.2) is 9.78 Å². The average molecular weight is 235 g/mol. The van der Waals surface area contributed by atoms with E-state index in [2.05, 4.69) is 15.3 Å². The topological polar surface area (TPSA) is 75.1 Å². The van der Waals surface area contributed by atoms with E-state index in [4.69, 9.17) is 5.11 Å². The molecule has 0 saturated carbocycles. The van der Waals surface area contributed by atoms with Crippen LogP contribution in [0.15, 0.2) is 29.4 Å². The van der Waals surface area contributed by atoms with Gasteiger partial charge in [0.2, 0.25) is 0 Å². The lowest BCUT2D eigenvalue weighted by Gasteiger charge is -2.06. The number of carbonyl (C=O) groups is 1. The summed E-state index contributed by atoms with van der Waals surface area (Å²) in [6.45, 7) is 0.508. The van der Waals surface area contributed by atoms with Gasteiger partial charge in [0.15, 0.2) is 0 Å². The van der Waals surface area contributed by atoms with E-state index in [1.54, 1.807) is 17.8 Å². The van der Waals surface area contributed by atoms with Crippen molar-refractivity contribution in [1.29, 1.82) is 0 Å². The van der Waals surface area contributed by atoms with Crippen molar-refractivity contribution in [3.8, 4) is 0 Å². The molecule has 0 bridgehead atoms. The summed E-state index contributed by atoms with van der Waals surface area (Å²) in [5.41, 5.74) is 3.34. The Hall–Kier alpha value is -1.95. The van der Waals surface area contributed by atoms with Crippen molar-refractivity contribution in [2.75, 3.05) is 5.32 Å². The van der Waals surface area contributed by atoms with E-state index in [0.717, 1.165) is 5.69 Å². The molecule has 2 N–H and O–H groups in total. The monoisotopic (exact) mass is 235 g/mol. The van der Waals surface area contributed by atoms with Crippen molar-refractivity contribution in [2.45, 2.75) is 6.54 Å². The fraction of sp³-hybridized carbons (Fsp3) is 0.100. The van der Waals surface area contributed by atoms with Crippen LogP contribution in [-0.2, 0) is 6.54 Å². The van der Waals surface area contributed by atoms with Crippen LogP contribution in [0.3, 0.4) is 0 Å². The molecule has 0 fully saturated rings. The van der Waals surface area contributed by atoms with Crippen LogP contribution in [0.4, 0.5) is 5.69 Å². The molecule has 0 aliphatic carbocycles. The fourth-order valence-corrected chi connectivity index (χ4v) is 1.79. The average Bonchev–Trinajstić information content (AvgIpc) is 2.79. The van der Waals surface area contributed by atoms with Gasteiger partial charge < -0.3 is 10.4 Å². The van der Waals surface area contributed by atoms with Gasteiger partial charge in [-0.3, -0.25) is 4.98 Å². The molecule has 82 valence electrons. The summed E-state index contributed by atoms with van der Waals surface area (Å²) >= 11 is 1.51. The first-order valence-corrected chi connectivity index (χ1v) is 5.50. The van der Waals surface area contributed by atoms with Crippen LogP contribution >= 0.6 is 11.3 Å². The second kappa shape index (κ2) is 4.71. The molecule has 2 heterocycles. The lowest BCUT2D eigenvalue weighted by atomic mass is 10.2. The van der Waals surface area contributed by atoms with Gasteiger partial charge in [0.1, 0.15) is 5.56 Å². The van der Waals surface area contributed by atoms with Crippen molar-refractivity contribution in [3.63, 3.8) is 0 Å².